The number of carbonyl (C=O) groups excluding carboxylic acids is 1. The Hall–Kier alpha value is -1.73. The number of esters is 1. The zero-order chi connectivity index (χ0) is 18.3. The van der Waals surface area contributed by atoms with Crippen LogP contribution in [0.4, 0.5) is 0 Å². The molecule has 1 saturated heterocycles. The molecule has 2 rings (SSSR count). The molecule has 8 heteroatoms. The Morgan fingerprint density at radius 3 is 2.88 bits per heavy atom. The molecule has 136 valence electrons. The minimum absolute atomic E-state index is 0.139. The van der Waals surface area contributed by atoms with Gasteiger partial charge in [0.05, 0.1) is 6.10 Å². The second-order valence-corrected chi connectivity index (χ2v) is 7.46. The first kappa shape index (κ1) is 19.6. The molecular formula is C17H23N3O4S. The summed E-state index contributed by atoms with van der Waals surface area (Å²) in [5.41, 5.74) is 6.83. The van der Waals surface area contributed by atoms with Gasteiger partial charge in [-0.3, -0.25) is 4.79 Å². The SMILES string of the molecule is CC1OC(Sc2ccccc2)CC(C)(O)C1OC(=O)CCCN=[N+]=[N-]. The molecule has 0 amide bonds. The van der Waals surface area contributed by atoms with Crippen LogP contribution in [0.5, 0.6) is 0 Å². The quantitative estimate of drug-likeness (QED) is 0.261. The van der Waals surface area contributed by atoms with E-state index in [0.717, 1.165) is 4.90 Å². The van der Waals surface area contributed by atoms with Crippen molar-refractivity contribution in [1.29, 1.82) is 0 Å². The number of azide groups is 1. The van der Waals surface area contributed by atoms with Gasteiger partial charge < -0.3 is 14.6 Å². The number of benzene rings is 1. The summed E-state index contributed by atoms with van der Waals surface area (Å²) >= 11 is 1.54. The van der Waals surface area contributed by atoms with Crippen molar-refractivity contribution in [2.75, 3.05) is 6.54 Å². The van der Waals surface area contributed by atoms with Crippen LogP contribution in [0.3, 0.4) is 0 Å². The van der Waals surface area contributed by atoms with Crippen LogP contribution in [0.25, 0.3) is 10.4 Å². The van der Waals surface area contributed by atoms with Gasteiger partial charge in [-0.1, -0.05) is 35.1 Å². The maximum Gasteiger partial charge on any atom is 0.306 e. The fourth-order valence-corrected chi connectivity index (χ4v) is 4.07. The lowest BCUT2D eigenvalue weighted by molar-refractivity contribution is -0.209. The number of ether oxygens (including phenoxy) is 2. The van der Waals surface area contributed by atoms with Crippen LogP contribution in [0.2, 0.25) is 0 Å². The highest BCUT2D eigenvalue weighted by Crippen LogP contribution is 2.38. The van der Waals surface area contributed by atoms with Gasteiger partial charge in [-0.15, -0.1) is 0 Å². The largest absolute Gasteiger partial charge is 0.457 e. The van der Waals surface area contributed by atoms with Gasteiger partial charge in [0.15, 0.2) is 6.10 Å². The minimum Gasteiger partial charge on any atom is -0.457 e. The van der Waals surface area contributed by atoms with E-state index >= 15 is 0 Å². The Morgan fingerprint density at radius 1 is 1.52 bits per heavy atom. The van der Waals surface area contributed by atoms with E-state index in [9.17, 15) is 9.90 Å². The lowest BCUT2D eigenvalue weighted by Crippen LogP contribution is -2.55. The summed E-state index contributed by atoms with van der Waals surface area (Å²) < 4.78 is 11.4. The van der Waals surface area contributed by atoms with Crippen LogP contribution in [0.1, 0.15) is 33.1 Å². The van der Waals surface area contributed by atoms with E-state index in [-0.39, 0.29) is 18.4 Å². The lowest BCUT2D eigenvalue weighted by Gasteiger charge is -2.43. The van der Waals surface area contributed by atoms with Crippen molar-refractivity contribution in [2.24, 2.45) is 5.11 Å². The molecule has 0 aliphatic carbocycles. The number of rotatable bonds is 7. The summed E-state index contributed by atoms with van der Waals surface area (Å²) in [6, 6.07) is 9.83. The normalized spacial score (nSPS) is 28.8. The maximum atomic E-state index is 12.0. The second-order valence-electron chi connectivity index (χ2n) is 6.23. The third-order valence-electron chi connectivity index (χ3n) is 3.96. The zero-order valence-corrected chi connectivity index (χ0v) is 15.2. The molecule has 1 aromatic carbocycles. The van der Waals surface area contributed by atoms with Crippen LogP contribution in [-0.4, -0.2) is 40.9 Å². The predicted molar refractivity (Wildman–Crippen MR) is 95.0 cm³/mol. The average molecular weight is 365 g/mol. The van der Waals surface area contributed by atoms with Crippen molar-refractivity contribution in [3.8, 4) is 0 Å². The van der Waals surface area contributed by atoms with E-state index in [2.05, 4.69) is 10.0 Å². The molecule has 7 nitrogen and oxygen atoms in total. The fourth-order valence-electron chi connectivity index (χ4n) is 2.80. The summed E-state index contributed by atoms with van der Waals surface area (Å²) in [6.07, 6.45) is -0.244. The highest BCUT2D eigenvalue weighted by Gasteiger charge is 2.46. The molecule has 0 bridgehead atoms. The number of aliphatic hydroxyl groups is 1. The fraction of sp³-hybridized carbons (Fsp3) is 0.588. The number of hydrogen-bond donors (Lipinski definition) is 1. The van der Waals surface area contributed by atoms with Crippen LogP contribution in [0, 0.1) is 0 Å². The molecule has 1 aliphatic heterocycles. The standard InChI is InChI=1S/C17H23N3O4S/c1-12-16(24-14(21)9-6-10-19-20-18)17(2,22)11-15(23-12)25-13-7-4-3-5-8-13/h3-5,7-8,12,15-16,22H,6,9-11H2,1-2H3. The molecule has 1 aliphatic rings. The van der Waals surface area contributed by atoms with E-state index < -0.39 is 23.8 Å². The summed E-state index contributed by atoms with van der Waals surface area (Å²) in [5.74, 6) is -0.428. The van der Waals surface area contributed by atoms with Crippen molar-refractivity contribution in [3.05, 3.63) is 40.8 Å². The van der Waals surface area contributed by atoms with E-state index in [1.807, 2.05) is 30.3 Å². The molecule has 0 saturated carbocycles. The highest BCUT2D eigenvalue weighted by molar-refractivity contribution is 7.99. The number of nitrogens with zero attached hydrogens (tertiary/aromatic N) is 3. The van der Waals surface area contributed by atoms with E-state index in [0.29, 0.717) is 12.8 Å². The summed E-state index contributed by atoms with van der Waals surface area (Å²) in [4.78, 5) is 15.6. The number of thioether (sulfide) groups is 1. The first-order valence-corrected chi connectivity index (χ1v) is 9.10. The summed E-state index contributed by atoms with van der Waals surface area (Å²) in [5, 5.41) is 14.2. The van der Waals surface area contributed by atoms with Crippen LogP contribution in [-0.2, 0) is 14.3 Å². The van der Waals surface area contributed by atoms with Crippen molar-refractivity contribution >= 4 is 17.7 Å². The van der Waals surface area contributed by atoms with Crippen LogP contribution >= 0.6 is 11.8 Å². The Morgan fingerprint density at radius 2 is 2.24 bits per heavy atom. The molecule has 0 aromatic heterocycles. The summed E-state index contributed by atoms with van der Waals surface area (Å²) in [7, 11) is 0. The maximum absolute atomic E-state index is 12.0. The topological polar surface area (TPSA) is 105 Å². The third-order valence-corrected chi connectivity index (χ3v) is 5.04. The average Bonchev–Trinajstić information content (AvgIpc) is 2.56. The first-order chi connectivity index (χ1) is 11.9. The molecule has 1 N–H and O–H groups in total. The zero-order valence-electron chi connectivity index (χ0n) is 14.4. The Bertz CT molecular complexity index is 620. The molecular weight excluding hydrogens is 342 g/mol. The molecule has 4 atom stereocenters. The van der Waals surface area contributed by atoms with Crippen molar-refractivity contribution in [1.82, 2.24) is 0 Å². The highest BCUT2D eigenvalue weighted by atomic mass is 32.2. The predicted octanol–water partition coefficient (Wildman–Crippen LogP) is 3.67. The van der Waals surface area contributed by atoms with Gasteiger partial charge in [0.25, 0.3) is 0 Å². The van der Waals surface area contributed by atoms with Gasteiger partial charge in [-0.05, 0) is 37.9 Å². The van der Waals surface area contributed by atoms with Crippen molar-refractivity contribution in [3.63, 3.8) is 0 Å². The van der Waals surface area contributed by atoms with Gasteiger partial charge in [0.1, 0.15) is 11.0 Å². The smallest absolute Gasteiger partial charge is 0.306 e. The molecule has 1 fully saturated rings. The molecule has 25 heavy (non-hydrogen) atoms. The van der Waals surface area contributed by atoms with E-state index in [1.165, 1.54) is 0 Å². The first-order valence-electron chi connectivity index (χ1n) is 8.22. The van der Waals surface area contributed by atoms with E-state index in [4.69, 9.17) is 15.0 Å². The minimum atomic E-state index is -1.18. The molecule has 1 heterocycles. The lowest BCUT2D eigenvalue weighted by atomic mass is 9.89. The third kappa shape index (κ3) is 5.93. The van der Waals surface area contributed by atoms with Gasteiger partial charge in [-0.25, -0.2) is 0 Å². The van der Waals surface area contributed by atoms with Gasteiger partial charge in [0.2, 0.25) is 0 Å². The van der Waals surface area contributed by atoms with Crippen LogP contribution in [0.15, 0.2) is 40.3 Å². The molecule has 0 radical (unpaired) electrons. The number of carbonyl (C=O) groups is 1. The van der Waals surface area contributed by atoms with Crippen LogP contribution < -0.4 is 0 Å². The van der Waals surface area contributed by atoms with E-state index in [1.54, 1.807) is 25.6 Å². The molecule has 4 unspecified atom stereocenters. The monoisotopic (exact) mass is 365 g/mol. The molecule has 1 aromatic rings. The Balaban J connectivity index is 1.91. The molecule has 0 spiro atoms. The van der Waals surface area contributed by atoms with Gasteiger partial charge >= 0.3 is 5.97 Å². The number of hydrogen-bond acceptors (Lipinski definition) is 6. The summed E-state index contributed by atoms with van der Waals surface area (Å²) in [6.45, 7) is 3.71. The van der Waals surface area contributed by atoms with Crippen molar-refractivity contribution in [2.45, 2.75) is 61.3 Å². The Labute approximate surface area is 151 Å². The van der Waals surface area contributed by atoms with Crippen molar-refractivity contribution < 1.29 is 19.4 Å². The van der Waals surface area contributed by atoms with Gasteiger partial charge in [0, 0.05) is 29.2 Å². The van der Waals surface area contributed by atoms with Gasteiger partial charge in [-0.2, -0.15) is 0 Å². The Kier molecular flexibility index (Phi) is 7.13. The second kappa shape index (κ2) is 9.10.